The van der Waals surface area contributed by atoms with Gasteiger partial charge in [0.1, 0.15) is 11.5 Å². The molecule has 7 N–H and O–H groups in total. The Labute approximate surface area is 194 Å². The Kier molecular flexibility index (Phi) is 15.2. The van der Waals surface area contributed by atoms with E-state index in [9.17, 15) is 0 Å². The van der Waals surface area contributed by atoms with Crippen LogP contribution >= 0.6 is 0 Å². The van der Waals surface area contributed by atoms with E-state index in [1.807, 2.05) is 40.1 Å². The van der Waals surface area contributed by atoms with E-state index in [0.717, 1.165) is 23.3 Å². The summed E-state index contributed by atoms with van der Waals surface area (Å²) < 4.78 is 2.05. The number of aryl methyl sites for hydroxylation is 1. The predicted molar refractivity (Wildman–Crippen MR) is 138 cm³/mol. The number of fused-ring (bicyclic) bond motifs is 1. The maximum atomic E-state index is 5.62. The second-order valence-corrected chi connectivity index (χ2v) is 6.83. The molecule has 178 valence electrons. The molecule has 1 aromatic carbocycles. The van der Waals surface area contributed by atoms with Crippen LogP contribution in [0.5, 0.6) is 0 Å². The number of benzene rings is 1. The van der Waals surface area contributed by atoms with Gasteiger partial charge in [0.2, 0.25) is 0 Å². The molecule has 7 heteroatoms. The van der Waals surface area contributed by atoms with Crippen molar-refractivity contribution in [2.24, 2.45) is 22.4 Å². The van der Waals surface area contributed by atoms with Crippen molar-refractivity contribution in [2.45, 2.75) is 73.8 Å². The number of hydrazine groups is 1. The topological polar surface area (TPSA) is 120 Å². The zero-order chi connectivity index (χ0) is 24.5. The van der Waals surface area contributed by atoms with Crippen molar-refractivity contribution in [2.75, 3.05) is 0 Å². The summed E-state index contributed by atoms with van der Waals surface area (Å²) in [6.07, 6.45) is 5.39. The Balaban J connectivity index is 0.000000523. The number of hydrazone groups is 1. The third-order valence-corrected chi connectivity index (χ3v) is 4.54. The fourth-order valence-electron chi connectivity index (χ4n) is 2.92. The molecule has 0 saturated carbocycles. The normalized spacial score (nSPS) is 10.4. The molecule has 2 aromatic heterocycles. The minimum absolute atomic E-state index is 0.481. The highest BCUT2D eigenvalue weighted by atomic mass is 15.5. The average molecular weight is 442 g/mol. The summed E-state index contributed by atoms with van der Waals surface area (Å²) in [6.45, 7) is 15.0. The Hall–Kier alpha value is -2.90. The highest BCUT2D eigenvalue weighted by Gasteiger charge is 2.03. The summed E-state index contributed by atoms with van der Waals surface area (Å²) in [6, 6.07) is 12.5. The van der Waals surface area contributed by atoms with Crippen molar-refractivity contribution in [1.82, 2.24) is 14.9 Å². The summed E-state index contributed by atoms with van der Waals surface area (Å²) in [4.78, 5) is 4.31. The van der Waals surface area contributed by atoms with Gasteiger partial charge in [0, 0.05) is 31.1 Å². The van der Waals surface area contributed by atoms with Crippen LogP contribution in [0, 0.1) is 0 Å². The second kappa shape index (κ2) is 16.8. The third kappa shape index (κ3) is 9.08. The Morgan fingerprint density at radius 2 is 1.69 bits per heavy atom. The molecule has 0 aliphatic heterocycles. The number of hydrogen-bond donors (Lipinski definition) is 4. The molecule has 0 fully saturated rings. The van der Waals surface area contributed by atoms with Crippen LogP contribution < -0.4 is 22.8 Å². The van der Waals surface area contributed by atoms with Crippen LogP contribution in [0.4, 0.5) is 0 Å². The fourth-order valence-corrected chi connectivity index (χ4v) is 2.92. The lowest BCUT2D eigenvalue weighted by atomic mass is 10.0. The van der Waals surface area contributed by atoms with E-state index >= 15 is 0 Å². The highest BCUT2D eigenvalue weighted by molar-refractivity contribution is 5.82. The molecule has 0 spiro atoms. The summed E-state index contributed by atoms with van der Waals surface area (Å²) in [5.41, 5.74) is 19.3. The SMILES string of the molecule is CC.CC.CC(C)c1ccc(C/C(N)=N/NN)cc1.CCc1ccc(CN)n2ccnc12. The van der Waals surface area contributed by atoms with Gasteiger partial charge < -0.3 is 15.9 Å². The smallest absolute Gasteiger partial charge is 0.140 e. The first-order valence-electron chi connectivity index (χ1n) is 11.5. The van der Waals surface area contributed by atoms with Crippen LogP contribution in [0.2, 0.25) is 0 Å². The minimum Gasteiger partial charge on any atom is -0.385 e. The maximum Gasteiger partial charge on any atom is 0.140 e. The number of pyridine rings is 1. The molecule has 0 bridgehead atoms. The summed E-state index contributed by atoms with van der Waals surface area (Å²) in [5, 5.41) is 3.70. The number of aromatic nitrogens is 2. The molecule has 0 aliphatic rings. The van der Waals surface area contributed by atoms with Gasteiger partial charge in [-0.3, -0.25) is 0 Å². The van der Waals surface area contributed by atoms with Gasteiger partial charge >= 0.3 is 0 Å². The van der Waals surface area contributed by atoms with Crippen molar-refractivity contribution in [3.63, 3.8) is 0 Å². The molecule has 3 rings (SSSR count). The van der Waals surface area contributed by atoms with E-state index in [-0.39, 0.29) is 0 Å². The number of hydrogen-bond acceptors (Lipinski definition) is 5. The molecule has 0 saturated heterocycles. The summed E-state index contributed by atoms with van der Waals surface area (Å²) in [7, 11) is 0. The number of imidazole rings is 1. The number of nitrogens with two attached hydrogens (primary N) is 3. The van der Waals surface area contributed by atoms with Gasteiger partial charge in [0.25, 0.3) is 0 Å². The highest BCUT2D eigenvalue weighted by Crippen LogP contribution is 2.15. The van der Waals surface area contributed by atoms with Gasteiger partial charge in [-0.05, 0) is 35.1 Å². The van der Waals surface area contributed by atoms with Gasteiger partial charge in [0.05, 0.1) is 0 Å². The molecule has 0 unspecified atom stereocenters. The van der Waals surface area contributed by atoms with Crippen molar-refractivity contribution in [3.8, 4) is 0 Å². The first kappa shape index (κ1) is 29.1. The summed E-state index contributed by atoms with van der Waals surface area (Å²) >= 11 is 0. The number of rotatable bonds is 6. The number of nitrogens with one attached hydrogen (secondary N) is 1. The van der Waals surface area contributed by atoms with Gasteiger partial charge in [-0.2, -0.15) is 5.10 Å². The van der Waals surface area contributed by atoms with Crippen molar-refractivity contribution < 1.29 is 0 Å². The van der Waals surface area contributed by atoms with Gasteiger partial charge in [-0.25, -0.2) is 16.4 Å². The standard InChI is InChI=1S/C11H18N4.C10H13N3.2C2H6/c1-8(2)10-5-3-9(4-6-10)7-11(12)14-15-13;1-2-8-3-4-9(7-11)13-6-5-12-10(8)13;2*1-2/h3-6,8,15H,7,13H2,1-2H3,(H2,12,14);3-6H,2,7,11H2,1H3;2*1-2H3. The molecule has 0 amide bonds. The minimum atomic E-state index is 0.481. The van der Waals surface area contributed by atoms with E-state index < -0.39 is 0 Å². The van der Waals surface area contributed by atoms with Gasteiger partial charge in [0.15, 0.2) is 0 Å². The van der Waals surface area contributed by atoms with E-state index in [0.29, 0.717) is 24.7 Å². The summed E-state index contributed by atoms with van der Waals surface area (Å²) in [5.74, 6) is 6.06. The van der Waals surface area contributed by atoms with Crippen molar-refractivity contribution in [3.05, 3.63) is 71.2 Å². The Morgan fingerprint density at radius 3 is 2.19 bits per heavy atom. The fraction of sp³-hybridized carbons (Fsp3) is 0.440. The molecule has 3 aromatic rings. The van der Waals surface area contributed by atoms with Gasteiger partial charge in [-0.15, -0.1) is 0 Å². The largest absolute Gasteiger partial charge is 0.385 e. The lowest BCUT2D eigenvalue weighted by Gasteiger charge is -2.06. The molecular formula is C25H43N7. The van der Waals surface area contributed by atoms with Crippen LogP contribution in [-0.2, 0) is 19.4 Å². The lowest BCUT2D eigenvalue weighted by Crippen LogP contribution is -2.23. The monoisotopic (exact) mass is 441 g/mol. The van der Waals surface area contributed by atoms with E-state index in [1.165, 1.54) is 11.1 Å². The number of nitrogens with zero attached hydrogens (tertiary/aromatic N) is 3. The van der Waals surface area contributed by atoms with E-state index in [2.05, 4.69) is 77.2 Å². The van der Waals surface area contributed by atoms with E-state index in [4.69, 9.17) is 17.3 Å². The molecule has 0 aliphatic carbocycles. The van der Waals surface area contributed by atoms with Crippen LogP contribution in [-0.4, -0.2) is 15.2 Å². The second-order valence-electron chi connectivity index (χ2n) is 6.83. The average Bonchev–Trinajstić information content (AvgIpc) is 3.32. The lowest BCUT2D eigenvalue weighted by molar-refractivity contribution is 0.798. The van der Waals surface area contributed by atoms with Crippen LogP contribution in [0.1, 0.15) is 76.8 Å². The van der Waals surface area contributed by atoms with Gasteiger partial charge in [-0.1, -0.05) is 78.8 Å². The van der Waals surface area contributed by atoms with Crippen LogP contribution in [0.15, 0.2) is 53.9 Å². The molecule has 0 radical (unpaired) electrons. The molecular weight excluding hydrogens is 398 g/mol. The molecule has 0 atom stereocenters. The zero-order valence-electron chi connectivity index (χ0n) is 20.9. The number of amidine groups is 1. The predicted octanol–water partition coefficient (Wildman–Crippen LogP) is 4.50. The Bertz CT molecular complexity index is 858. The van der Waals surface area contributed by atoms with Crippen molar-refractivity contribution >= 4 is 11.5 Å². The maximum absolute atomic E-state index is 5.62. The zero-order valence-corrected chi connectivity index (χ0v) is 20.9. The molecule has 32 heavy (non-hydrogen) atoms. The first-order valence-corrected chi connectivity index (χ1v) is 11.5. The van der Waals surface area contributed by atoms with Crippen LogP contribution in [0.3, 0.4) is 0 Å². The molecule has 2 heterocycles. The first-order chi connectivity index (χ1) is 15.5. The molecule has 7 nitrogen and oxygen atoms in total. The third-order valence-electron chi connectivity index (χ3n) is 4.54. The van der Waals surface area contributed by atoms with Crippen LogP contribution in [0.25, 0.3) is 5.65 Å². The van der Waals surface area contributed by atoms with Crippen molar-refractivity contribution in [1.29, 1.82) is 0 Å². The quantitative estimate of drug-likeness (QED) is 0.194. The van der Waals surface area contributed by atoms with E-state index in [1.54, 1.807) is 0 Å². The Morgan fingerprint density at radius 1 is 1.06 bits per heavy atom.